The van der Waals surface area contributed by atoms with Gasteiger partial charge in [0, 0.05) is 0 Å². The van der Waals surface area contributed by atoms with Gasteiger partial charge in [0.1, 0.15) is 17.9 Å². The first-order valence-electron chi connectivity index (χ1n) is 5.24. The fourth-order valence-corrected chi connectivity index (χ4v) is 1.64. The lowest BCUT2D eigenvalue weighted by molar-refractivity contribution is 0.456. The molecule has 0 saturated carbocycles. The van der Waals surface area contributed by atoms with Crippen LogP contribution in [0.15, 0.2) is 30.6 Å². The van der Waals surface area contributed by atoms with Gasteiger partial charge >= 0.3 is 0 Å². The number of nitrogens with two attached hydrogens (primary N) is 1. The van der Waals surface area contributed by atoms with Gasteiger partial charge in [0.25, 0.3) is 0 Å². The zero-order chi connectivity index (χ0) is 12.3. The topological polar surface area (TPSA) is 61.0 Å². The number of ether oxygens (including phenoxy) is 1. The van der Waals surface area contributed by atoms with E-state index in [0.29, 0.717) is 28.9 Å². The lowest BCUT2D eigenvalue weighted by Crippen LogP contribution is -2.01. The predicted octanol–water partition coefficient (Wildman–Crippen LogP) is 3.07. The van der Waals surface area contributed by atoms with Gasteiger partial charge in [-0.25, -0.2) is 9.97 Å². The molecular weight excluding hydrogens is 238 g/mol. The van der Waals surface area contributed by atoms with Crippen molar-refractivity contribution in [3.8, 4) is 11.6 Å². The Balaban J connectivity index is 2.37. The van der Waals surface area contributed by atoms with Crippen molar-refractivity contribution < 1.29 is 4.74 Å². The summed E-state index contributed by atoms with van der Waals surface area (Å²) in [4.78, 5) is 8.00. The molecule has 0 amide bonds. The van der Waals surface area contributed by atoms with Crippen LogP contribution in [-0.4, -0.2) is 9.97 Å². The molecule has 0 unspecified atom stereocenters. The van der Waals surface area contributed by atoms with Gasteiger partial charge in [-0.2, -0.15) is 0 Å². The van der Waals surface area contributed by atoms with E-state index in [1.165, 1.54) is 6.33 Å². The van der Waals surface area contributed by atoms with E-state index in [1.54, 1.807) is 12.1 Å². The Hall–Kier alpha value is -1.81. The first-order valence-corrected chi connectivity index (χ1v) is 5.62. The van der Waals surface area contributed by atoms with Gasteiger partial charge < -0.3 is 10.5 Å². The molecule has 1 aromatic heterocycles. The van der Waals surface area contributed by atoms with Gasteiger partial charge in [0.05, 0.1) is 10.6 Å². The predicted molar refractivity (Wildman–Crippen MR) is 67.3 cm³/mol. The molecule has 0 aliphatic heterocycles. The largest absolute Gasteiger partial charge is 0.437 e. The average Bonchev–Trinajstić information content (AvgIpc) is 2.32. The fourth-order valence-electron chi connectivity index (χ4n) is 1.46. The fraction of sp³-hybridized carbons (Fsp3) is 0.167. The maximum atomic E-state index is 6.01. The van der Waals surface area contributed by atoms with E-state index in [-0.39, 0.29) is 0 Å². The lowest BCUT2D eigenvalue weighted by Gasteiger charge is -2.10. The molecule has 2 rings (SSSR count). The van der Waals surface area contributed by atoms with Crippen molar-refractivity contribution in [1.29, 1.82) is 0 Å². The van der Waals surface area contributed by atoms with E-state index < -0.39 is 0 Å². The number of rotatable bonds is 3. The zero-order valence-electron chi connectivity index (χ0n) is 9.35. The quantitative estimate of drug-likeness (QED) is 0.908. The first kappa shape index (κ1) is 11.7. The van der Waals surface area contributed by atoms with Crippen molar-refractivity contribution in [2.45, 2.75) is 13.3 Å². The molecule has 0 spiro atoms. The molecule has 0 saturated heterocycles. The van der Waals surface area contributed by atoms with Gasteiger partial charge in [-0.15, -0.1) is 0 Å². The molecule has 0 fully saturated rings. The number of nitrogen functional groups attached to an aromatic ring is 1. The van der Waals surface area contributed by atoms with Crippen molar-refractivity contribution in [2.75, 3.05) is 5.73 Å². The summed E-state index contributed by atoms with van der Waals surface area (Å²) in [5, 5.41) is 0.534. The number of hydrogen-bond acceptors (Lipinski definition) is 4. The van der Waals surface area contributed by atoms with E-state index in [9.17, 15) is 0 Å². The van der Waals surface area contributed by atoms with Gasteiger partial charge in [0.2, 0.25) is 5.88 Å². The molecule has 1 aromatic carbocycles. The second-order valence-electron chi connectivity index (χ2n) is 3.43. The molecule has 5 heteroatoms. The summed E-state index contributed by atoms with van der Waals surface area (Å²) in [6, 6.07) is 7.22. The maximum absolute atomic E-state index is 6.01. The minimum atomic E-state index is 0.435. The summed E-state index contributed by atoms with van der Waals surface area (Å²) < 4.78 is 5.65. The van der Waals surface area contributed by atoms with Crippen LogP contribution in [0, 0.1) is 0 Å². The third-order valence-corrected chi connectivity index (χ3v) is 2.65. The van der Waals surface area contributed by atoms with Gasteiger partial charge in [0.15, 0.2) is 0 Å². The van der Waals surface area contributed by atoms with Crippen LogP contribution in [0.4, 0.5) is 5.82 Å². The Morgan fingerprint density at radius 1 is 1.29 bits per heavy atom. The molecule has 0 aliphatic carbocycles. The molecule has 0 radical (unpaired) electrons. The van der Waals surface area contributed by atoms with Gasteiger partial charge in [-0.1, -0.05) is 30.7 Å². The van der Waals surface area contributed by atoms with E-state index in [4.69, 9.17) is 22.1 Å². The molecule has 88 valence electrons. The molecule has 4 nitrogen and oxygen atoms in total. The second kappa shape index (κ2) is 5.01. The third-order valence-electron chi connectivity index (χ3n) is 2.34. The van der Waals surface area contributed by atoms with Crippen LogP contribution in [0.25, 0.3) is 0 Å². The van der Waals surface area contributed by atoms with Crippen molar-refractivity contribution in [1.82, 2.24) is 9.97 Å². The van der Waals surface area contributed by atoms with Crippen LogP contribution in [0.1, 0.15) is 12.5 Å². The summed E-state index contributed by atoms with van der Waals surface area (Å²) in [7, 11) is 0. The van der Waals surface area contributed by atoms with E-state index in [1.807, 2.05) is 19.1 Å². The molecule has 2 N–H and O–H groups in total. The minimum Gasteiger partial charge on any atom is -0.437 e. The average molecular weight is 250 g/mol. The Kier molecular flexibility index (Phi) is 3.44. The highest BCUT2D eigenvalue weighted by Crippen LogP contribution is 2.30. The SMILES string of the molecule is CCc1c(N)ncnc1Oc1ccccc1Cl. The van der Waals surface area contributed by atoms with Crippen LogP contribution in [0.3, 0.4) is 0 Å². The van der Waals surface area contributed by atoms with Gasteiger partial charge in [-0.3, -0.25) is 0 Å². The molecule has 1 heterocycles. The summed E-state index contributed by atoms with van der Waals surface area (Å²) in [6.07, 6.45) is 2.08. The summed E-state index contributed by atoms with van der Waals surface area (Å²) in [5.41, 5.74) is 6.54. The summed E-state index contributed by atoms with van der Waals surface area (Å²) in [5.74, 6) is 1.44. The highest BCUT2D eigenvalue weighted by molar-refractivity contribution is 6.32. The second-order valence-corrected chi connectivity index (χ2v) is 3.84. The molecule has 0 aliphatic rings. The molecular formula is C12H12ClN3O. The van der Waals surface area contributed by atoms with Crippen LogP contribution < -0.4 is 10.5 Å². The zero-order valence-corrected chi connectivity index (χ0v) is 10.1. The molecule has 0 atom stereocenters. The Morgan fingerprint density at radius 3 is 2.76 bits per heavy atom. The number of anilines is 1. The van der Waals surface area contributed by atoms with E-state index in [0.717, 1.165) is 5.56 Å². The van der Waals surface area contributed by atoms with Crippen LogP contribution in [-0.2, 0) is 6.42 Å². The van der Waals surface area contributed by atoms with Crippen LogP contribution >= 0.6 is 11.6 Å². The summed E-state index contributed by atoms with van der Waals surface area (Å²) in [6.45, 7) is 1.97. The monoisotopic (exact) mass is 249 g/mol. The number of para-hydroxylation sites is 1. The minimum absolute atomic E-state index is 0.435. The normalized spacial score (nSPS) is 10.2. The van der Waals surface area contributed by atoms with Gasteiger partial charge in [-0.05, 0) is 18.6 Å². The van der Waals surface area contributed by atoms with Crippen LogP contribution in [0.2, 0.25) is 5.02 Å². The molecule has 2 aromatic rings. The van der Waals surface area contributed by atoms with Crippen molar-refractivity contribution in [3.05, 3.63) is 41.2 Å². The highest BCUT2D eigenvalue weighted by atomic mass is 35.5. The Morgan fingerprint density at radius 2 is 2.06 bits per heavy atom. The molecule has 0 bridgehead atoms. The van der Waals surface area contributed by atoms with E-state index in [2.05, 4.69) is 9.97 Å². The standard InChI is InChI=1S/C12H12ClN3O/c1-2-8-11(14)15-7-16-12(8)17-10-6-4-3-5-9(10)13/h3-7H,2H2,1H3,(H2,14,15,16). The van der Waals surface area contributed by atoms with Crippen molar-refractivity contribution in [3.63, 3.8) is 0 Å². The van der Waals surface area contributed by atoms with Crippen molar-refractivity contribution in [2.24, 2.45) is 0 Å². The van der Waals surface area contributed by atoms with Crippen molar-refractivity contribution >= 4 is 17.4 Å². The number of nitrogens with zero attached hydrogens (tertiary/aromatic N) is 2. The number of halogens is 1. The Bertz CT molecular complexity index is 531. The maximum Gasteiger partial charge on any atom is 0.227 e. The number of benzene rings is 1. The Labute approximate surface area is 104 Å². The smallest absolute Gasteiger partial charge is 0.227 e. The van der Waals surface area contributed by atoms with Crippen LogP contribution in [0.5, 0.6) is 11.6 Å². The number of hydrogen-bond donors (Lipinski definition) is 1. The molecule has 17 heavy (non-hydrogen) atoms. The first-order chi connectivity index (χ1) is 8.22. The lowest BCUT2D eigenvalue weighted by atomic mass is 10.2. The highest BCUT2D eigenvalue weighted by Gasteiger charge is 2.10. The number of aromatic nitrogens is 2. The van der Waals surface area contributed by atoms with E-state index >= 15 is 0 Å². The third kappa shape index (κ3) is 2.47. The summed E-state index contributed by atoms with van der Waals surface area (Å²) >= 11 is 6.01.